The summed E-state index contributed by atoms with van der Waals surface area (Å²) in [5, 5.41) is 10.4. The van der Waals surface area contributed by atoms with E-state index in [9.17, 15) is 4.79 Å². The molecular weight excluding hydrogens is 553 g/mol. The van der Waals surface area contributed by atoms with Crippen molar-refractivity contribution in [1.82, 2.24) is 15.5 Å². The van der Waals surface area contributed by atoms with E-state index in [2.05, 4.69) is 95.6 Å². The summed E-state index contributed by atoms with van der Waals surface area (Å²) in [6.07, 6.45) is 4.64. The lowest BCUT2D eigenvalue weighted by Crippen LogP contribution is -2.54. The van der Waals surface area contributed by atoms with Gasteiger partial charge in [0.1, 0.15) is 6.04 Å². The first-order valence-electron chi connectivity index (χ1n) is 14.9. The predicted octanol–water partition coefficient (Wildman–Crippen LogP) is 6.51. The lowest BCUT2D eigenvalue weighted by atomic mass is 9.95. The number of amides is 1. The number of thiocarbonyl (C=S) groups is 1. The molecule has 1 fully saturated rings. The van der Waals surface area contributed by atoms with Crippen LogP contribution in [-0.2, 0) is 17.9 Å². The normalized spacial score (nSPS) is 17.3. The summed E-state index contributed by atoms with van der Waals surface area (Å²) in [5.41, 5.74) is 2.67. The first kappa shape index (κ1) is 29.9. The van der Waals surface area contributed by atoms with Crippen LogP contribution >= 0.6 is 20.1 Å². The van der Waals surface area contributed by atoms with Gasteiger partial charge in [-0.1, -0.05) is 134 Å². The molecule has 0 heterocycles. The zero-order chi connectivity index (χ0) is 29.1. The van der Waals surface area contributed by atoms with E-state index < -0.39 is 14.0 Å². The first-order valence-corrected chi connectivity index (χ1v) is 16.7. The van der Waals surface area contributed by atoms with Crippen molar-refractivity contribution in [3.8, 4) is 0 Å². The van der Waals surface area contributed by atoms with Crippen molar-refractivity contribution in [2.45, 2.75) is 63.4 Å². The van der Waals surface area contributed by atoms with Crippen molar-refractivity contribution in [3.05, 3.63) is 132 Å². The Morgan fingerprint density at radius 3 is 1.71 bits per heavy atom. The molecule has 0 spiro atoms. The van der Waals surface area contributed by atoms with Crippen LogP contribution < -0.4 is 21.2 Å². The summed E-state index contributed by atoms with van der Waals surface area (Å²) in [5.74, 6) is 0.0304. The van der Waals surface area contributed by atoms with Crippen molar-refractivity contribution in [2.75, 3.05) is 0 Å². The quantitative estimate of drug-likeness (QED) is 0.163. The van der Waals surface area contributed by atoms with E-state index >= 15 is 0 Å². The molecule has 1 aliphatic carbocycles. The number of nitrogens with zero attached hydrogens (tertiary/aromatic N) is 1. The lowest BCUT2D eigenvalue weighted by Gasteiger charge is -2.39. The van der Waals surface area contributed by atoms with E-state index in [1.807, 2.05) is 48.2 Å². The Morgan fingerprint density at radius 1 is 0.762 bits per heavy atom. The average molecular weight is 594 g/mol. The Hall–Kier alpha value is -3.53. The Kier molecular flexibility index (Phi) is 10.8. The Bertz CT molecular complexity index is 1320. The molecule has 6 heteroatoms. The molecule has 216 valence electrons. The fourth-order valence-corrected chi connectivity index (χ4v) is 9.26. The van der Waals surface area contributed by atoms with Gasteiger partial charge in [-0.3, -0.25) is 4.79 Å². The first-order chi connectivity index (χ1) is 20.6. The standard InChI is InChI=1S/C36H40N3OPS/c1-28(35(40)39(26-29-16-6-2-7-17-29)27-30-18-8-3-9-19-30)37-36(42)38-33-24-14-15-25-34(33)41(31-20-10-4-11-21-31)32-22-12-5-13-23-32/h2-13,16-23,28,33-34H,14-15,24-27H2,1H3,(H2,37,38,42)/t28-,33+,34+/m0/s1. The van der Waals surface area contributed by atoms with Gasteiger partial charge in [-0.2, -0.15) is 0 Å². The van der Waals surface area contributed by atoms with Crippen LogP contribution in [0.4, 0.5) is 0 Å². The van der Waals surface area contributed by atoms with Gasteiger partial charge in [0.15, 0.2) is 5.11 Å². The second-order valence-corrected chi connectivity index (χ2v) is 13.8. The number of benzene rings is 4. The topological polar surface area (TPSA) is 44.4 Å². The number of hydrogen-bond donors (Lipinski definition) is 2. The van der Waals surface area contributed by atoms with E-state index in [1.54, 1.807) is 0 Å². The van der Waals surface area contributed by atoms with Crippen molar-refractivity contribution >= 4 is 41.8 Å². The molecule has 0 saturated heterocycles. The van der Waals surface area contributed by atoms with E-state index in [1.165, 1.54) is 23.5 Å². The molecule has 1 aliphatic rings. The molecular formula is C36H40N3OPS. The maximum atomic E-state index is 13.8. The Morgan fingerprint density at radius 2 is 1.21 bits per heavy atom. The van der Waals surface area contributed by atoms with Crippen LogP contribution in [0.15, 0.2) is 121 Å². The van der Waals surface area contributed by atoms with Gasteiger partial charge in [-0.25, -0.2) is 0 Å². The summed E-state index contributed by atoms with van der Waals surface area (Å²) in [6.45, 7) is 3.01. The molecule has 1 amide bonds. The minimum atomic E-state index is -0.564. The van der Waals surface area contributed by atoms with E-state index in [4.69, 9.17) is 12.2 Å². The number of carbonyl (C=O) groups excluding carboxylic acids is 1. The van der Waals surface area contributed by atoms with E-state index in [0.29, 0.717) is 23.9 Å². The Labute approximate surface area is 257 Å². The number of carbonyl (C=O) groups is 1. The van der Waals surface area contributed by atoms with Gasteiger partial charge in [0.05, 0.1) is 0 Å². The molecule has 42 heavy (non-hydrogen) atoms. The van der Waals surface area contributed by atoms with Gasteiger partial charge in [-0.15, -0.1) is 0 Å². The lowest BCUT2D eigenvalue weighted by molar-refractivity contribution is -0.133. The fraction of sp³-hybridized carbons (Fsp3) is 0.278. The van der Waals surface area contributed by atoms with Crippen molar-refractivity contribution < 1.29 is 4.79 Å². The van der Waals surface area contributed by atoms with Crippen LogP contribution in [0.3, 0.4) is 0 Å². The van der Waals surface area contributed by atoms with Gasteiger partial charge < -0.3 is 15.5 Å². The highest BCUT2D eigenvalue weighted by Gasteiger charge is 2.34. The summed E-state index contributed by atoms with van der Waals surface area (Å²) in [6, 6.07) is 42.0. The summed E-state index contributed by atoms with van der Waals surface area (Å²) in [4.78, 5) is 15.7. The third-order valence-corrected chi connectivity index (χ3v) is 11.1. The van der Waals surface area contributed by atoms with Crippen LogP contribution in [0.2, 0.25) is 0 Å². The predicted molar refractivity (Wildman–Crippen MR) is 181 cm³/mol. The van der Waals surface area contributed by atoms with Crippen LogP contribution in [0.5, 0.6) is 0 Å². The van der Waals surface area contributed by atoms with Gasteiger partial charge in [-0.05, 0) is 61.6 Å². The average Bonchev–Trinajstić information content (AvgIpc) is 3.03. The minimum Gasteiger partial charge on any atom is -0.359 e. The molecule has 0 aromatic heterocycles. The van der Waals surface area contributed by atoms with Crippen molar-refractivity contribution in [2.24, 2.45) is 0 Å². The molecule has 0 unspecified atom stereocenters. The zero-order valence-corrected chi connectivity index (χ0v) is 25.9. The number of hydrogen-bond acceptors (Lipinski definition) is 2. The fourth-order valence-electron chi connectivity index (χ4n) is 5.86. The van der Waals surface area contributed by atoms with E-state index in [-0.39, 0.29) is 11.9 Å². The third-order valence-electron chi connectivity index (χ3n) is 7.91. The highest BCUT2D eigenvalue weighted by Crippen LogP contribution is 2.46. The van der Waals surface area contributed by atoms with Crippen LogP contribution in [0.25, 0.3) is 0 Å². The van der Waals surface area contributed by atoms with E-state index in [0.717, 1.165) is 24.0 Å². The molecule has 0 aliphatic heterocycles. The van der Waals surface area contributed by atoms with Crippen LogP contribution in [-0.4, -0.2) is 33.7 Å². The smallest absolute Gasteiger partial charge is 0.245 e. The molecule has 4 nitrogen and oxygen atoms in total. The maximum absolute atomic E-state index is 13.8. The van der Waals surface area contributed by atoms with Gasteiger partial charge in [0, 0.05) is 24.8 Å². The molecule has 0 radical (unpaired) electrons. The maximum Gasteiger partial charge on any atom is 0.245 e. The highest BCUT2D eigenvalue weighted by atomic mass is 32.1. The molecule has 1 saturated carbocycles. The van der Waals surface area contributed by atoms with Gasteiger partial charge in [0.2, 0.25) is 5.91 Å². The molecule has 4 aromatic carbocycles. The summed E-state index contributed by atoms with van der Waals surface area (Å²) >= 11 is 5.86. The molecule has 0 bridgehead atoms. The number of rotatable bonds is 10. The molecule has 3 atom stereocenters. The number of nitrogens with one attached hydrogen (secondary N) is 2. The third kappa shape index (κ3) is 8.06. The summed E-state index contributed by atoms with van der Waals surface area (Å²) < 4.78 is 0. The zero-order valence-electron chi connectivity index (χ0n) is 24.2. The van der Waals surface area contributed by atoms with Gasteiger partial charge >= 0.3 is 0 Å². The largest absolute Gasteiger partial charge is 0.359 e. The van der Waals surface area contributed by atoms with Crippen LogP contribution in [0, 0.1) is 0 Å². The van der Waals surface area contributed by atoms with Crippen LogP contribution in [0.1, 0.15) is 43.7 Å². The summed E-state index contributed by atoms with van der Waals surface area (Å²) in [7, 11) is -0.564. The molecule has 2 N–H and O–H groups in total. The molecule has 5 rings (SSSR count). The van der Waals surface area contributed by atoms with Crippen molar-refractivity contribution in [3.63, 3.8) is 0 Å². The van der Waals surface area contributed by atoms with Crippen molar-refractivity contribution in [1.29, 1.82) is 0 Å². The second-order valence-electron chi connectivity index (χ2n) is 11.0. The minimum absolute atomic E-state index is 0.0304. The van der Waals surface area contributed by atoms with Gasteiger partial charge in [0.25, 0.3) is 0 Å². The monoisotopic (exact) mass is 593 g/mol. The second kappa shape index (κ2) is 15.1. The Balaban J connectivity index is 1.29. The molecule has 4 aromatic rings. The highest BCUT2D eigenvalue weighted by molar-refractivity contribution is 7.80. The SMILES string of the molecule is C[C@H](NC(=S)N[C@@H]1CCCC[C@H]1P(c1ccccc1)c1ccccc1)C(=O)N(Cc1ccccc1)Cc1ccccc1.